The van der Waals surface area contributed by atoms with Gasteiger partial charge in [-0.2, -0.15) is 0 Å². The van der Waals surface area contributed by atoms with Gasteiger partial charge in [0, 0.05) is 11.3 Å². The summed E-state index contributed by atoms with van der Waals surface area (Å²) in [5, 5.41) is 14.7. The van der Waals surface area contributed by atoms with Crippen LogP contribution < -0.4 is 11.1 Å². The molecule has 25 heavy (non-hydrogen) atoms. The molecular formula is C16H20N6O2S. The molecule has 0 saturated heterocycles. The molecule has 1 fully saturated rings. The van der Waals surface area contributed by atoms with Gasteiger partial charge in [-0.05, 0) is 47.5 Å². The molecule has 0 radical (unpaired) electrons. The minimum Gasteiger partial charge on any atom is -0.366 e. The highest BCUT2D eigenvalue weighted by Crippen LogP contribution is 2.29. The van der Waals surface area contributed by atoms with Gasteiger partial charge in [0.05, 0.1) is 17.5 Å². The molecule has 1 aliphatic rings. The van der Waals surface area contributed by atoms with Gasteiger partial charge in [0.1, 0.15) is 0 Å². The minimum atomic E-state index is -0.492. The van der Waals surface area contributed by atoms with Crippen molar-refractivity contribution >= 4 is 29.3 Å². The number of primary amides is 1. The van der Waals surface area contributed by atoms with E-state index in [1.807, 2.05) is 4.68 Å². The molecular weight excluding hydrogens is 340 g/mol. The second-order valence-corrected chi connectivity index (χ2v) is 6.95. The number of thioether (sulfide) groups is 1. The summed E-state index contributed by atoms with van der Waals surface area (Å²) < 4.78 is 1.90. The Balaban J connectivity index is 1.46. The van der Waals surface area contributed by atoms with E-state index in [9.17, 15) is 9.59 Å². The molecule has 1 aromatic carbocycles. The van der Waals surface area contributed by atoms with E-state index < -0.39 is 5.91 Å². The fourth-order valence-corrected chi connectivity index (χ4v) is 3.62. The number of nitrogens with one attached hydrogen (secondary N) is 1. The highest BCUT2D eigenvalue weighted by atomic mass is 32.2. The quantitative estimate of drug-likeness (QED) is 0.777. The second-order valence-electron chi connectivity index (χ2n) is 5.96. The lowest BCUT2D eigenvalue weighted by Crippen LogP contribution is -2.16. The number of tetrazole rings is 1. The number of amides is 2. The third-order valence-corrected chi connectivity index (χ3v) is 5.08. The van der Waals surface area contributed by atoms with Crippen molar-refractivity contribution < 1.29 is 9.59 Å². The van der Waals surface area contributed by atoms with Crippen LogP contribution in [-0.2, 0) is 10.5 Å². The number of hydrogen-bond donors (Lipinski definition) is 2. The molecule has 1 heterocycles. The van der Waals surface area contributed by atoms with Gasteiger partial charge >= 0.3 is 0 Å². The molecule has 0 unspecified atom stereocenters. The molecule has 2 amide bonds. The van der Waals surface area contributed by atoms with Crippen molar-refractivity contribution in [3.8, 4) is 0 Å². The first kappa shape index (κ1) is 17.4. The van der Waals surface area contributed by atoms with Gasteiger partial charge in [0.25, 0.3) is 0 Å². The summed E-state index contributed by atoms with van der Waals surface area (Å²) in [6, 6.07) is 6.87. The first-order valence-electron chi connectivity index (χ1n) is 8.17. The van der Waals surface area contributed by atoms with Crippen LogP contribution in [0.3, 0.4) is 0 Å². The first-order valence-corrected chi connectivity index (χ1v) is 9.33. The summed E-state index contributed by atoms with van der Waals surface area (Å²) in [4.78, 5) is 23.0. The van der Waals surface area contributed by atoms with Crippen molar-refractivity contribution in [2.24, 2.45) is 5.73 Å². The third kappa shape index (κ3) is 4.56. The Hall–Kier alpha value is -2.42. The Morgan fingerprint density at radius 1 is 1.24 bits per heavy atom. The summed E-state index contributed by atoms with van der Waals surface area (Å²) >= 11 is 1.47. The number of carbonyl (C=O) groups is 2. The van der Waals surface area contributed by atoms with E-state index in [-0.39, 0.29) is 5.91 Å². The Morgan fingerprint density at radius 3 is 2.64 bits per heavy atom. The van der Waals surface area contributed by atoms with Crippen molar-refractivity contribution in [1.29, 1.82) is 0 Å². The number of nitrogens with zero attached hydrogens (tertiary/aromatic N) is 4. The zero-order chi connectivity index (χ0) is 17.6. The van der Waals surface area contributed by atoms with E-state index in [4.69, 9.17) is 5.73 Å². The van der Waals surface area contributed by atoms with E-state index in [1.54, 1.807) is 24.3 Å². The standard InChI is InChI=1S/C16H20N6O2S/c17-16(24)11-5-7-12(8-6-11)18-15(23)10-25-9-14-19-20-21-22(14)13-3-1-2-4-13/h5-8,13H,1-4,9-10H2,(H2,17,24)(H,18,23). The number of aromatic nitrogens is 4. The number of nitrogens with two attached hydrogens (primary N) is 1. The fourth-order valence-electron chi connectivity index (χ4n) is 2.89. The fraction of sp³-hybridized carbons (Fsp3) is 0.438. The Kier molecular flexibility index (Phi) is 5.64. The SMILES string of the molecule is NC(=O)c1ccc(NC(=O)CSCc2nnnn2C2CCCC2)cc1. The number of hydrogen-bond acceptors (Lipinski definition) is 6. The Morgan fingerprint density at radius 2 is 1.96 bits per heavy atom. The maximum absolute atomic E-state index is 12.0. The molecule has 2 aromatic rings. The lowest BCUT2D eigenvalue weighted by Gasteiger charge is -2.11. The smallest absolute Gasteiger partial charge is 0.248 e. The third-order valence-electron chi connectivity index (χ3n) is 4.15. The average molecular weight is 360 g/mol. The Labute approximate surface area is 149 Å². The maximum atomic E-state index is 12.0. The lowest BCUT2D eigenvalue weighted by molar-refractivity contribution is -0.113. The van der Waals surface area contributed by atoms with E-state index >= 15 is 0 Å². The predicted molar refractivity (Wildman–Crippen MR) is 95.1 cm³/mol. The van der Waals surface area contributed by atoms with Gasteiger partial charge in [-0.1, -0.05) is 12.8 Å². The molecule has 1 aliphatic carbocycles. The molecule has 1 saturated carbocycles. The van der Waals surface area contributed by atoms with Crippen LogP contribution in [0.2, 0.25) is 0 Å². The topological polar surface area (TPSA) is 116 Å². The molecule has 1 aromatic heterocycles. The number of rotatable bonds is 7. The Bertz CT molecular complexity index is 739. The van der Waals surface area contributed by atoms with Gasteiger partial charge in [0.15, 0.2) is 5.82 Å². The van der Waals surface area contributed by atoms with E-state index in [1.165, 1.54) is 24.6 Å². The normalized spacial score (nSPS) is 14.6. The zero-order valence-corrected chi connectivity index (χ0v) is 14.5. The predicted octanol–water partition coefficient (Wildman–Crippen LogP) is 1.76. The summed E-state index contributed by atoms with van der Waals surface area (Å²) in [5.41, 5.74) is 6.23. The van der Waals surface area contributed by atoms with Crippen molar-refractivity contribution in [1.82, 2.24) is 20.2 Å². The van der Waals surface area contributed by atoms with Crippen molar-refractivity contribution in [3.63, 3.8) is 0 Å². The van der Waals surface area contributed by atoms with Crippen LogP contribution in [-0.4, -0.2) is 37.8 Å². The van der Waals surface area contributed by atoms with Gasteiger partial charge in [-0.15, -0.1) is 16.9 Å². The van der Waals surface area contributed by atoms with Gasteiger partial charge < -0.3 is 11.1 Å². The van der Waals surface area contributed by atoms with Gasteiger partial charge in [-0.25, -0.2) is 4.68 Å². The van der Waals surface area contributed by atoms with Crippen molar-refractivity contribution in [2.75, 3.05) is 11.1 Å². The van der Waals surface area contributed by atoms with Crippen LogP contribution in [0.15, 0.2) is 24.3 Å². The monoisotopic (exact) mass is 360 g/mol. The van der Waals surface area contributed by atoms with Crippen LogP contribution in [0.5, 0.6) is 0 Å². The van der Waals surface area contributed by atoms with E-state index in [2.05, 4.69) is 20.8 Å². The largest absolute Gasteiger partial charge is 0.366 e. The average Bonchev–Trinajstić information content (AvgIpc) is 3.26. The van der Waals surface area contributed by atoms with Crippen LogP contribution in [0.25, 0.3) is 0 Å². The van der Waals surface area contributed by atoms with E-state index in [0.717, 1.165) is 18.7 Å². The summed E-state index contributed by atoms with van der Waals surface area (Å²) in [5.74, 6) is 1.10. The number of benzene rings is 1. The van der Waals surface area contributed by atoms with Crippen LogP contribution >= 0.6 is 11.8 Å². The highest BCUT2D eigenvalue weighted by Gasteiger charge is 2.21. The maximum Gasteiger partial charge on any atom is 0.248 e. The molecule has 0 bridgehead atoms. The van der Waals surface area contributed by atoms with E-state index in [0.29, 0.717) is 28.8 Å². The van der Waals surface area contributed by atoms with Crippen molar-refractivity contribution in [2.45, 2.75) is 37.5 Å². The summed E-state index contributed by atoms with van der Waals surface area (Å²) in [6.07, 6.45) is 4.66. The number of anilines is 1. The first-order chi connectivity index (χ1) is 12.1. The van der Waals surface area contributed by atoms with Crippen LogP contribution in [0, 0.1) is 0 Å². The molecule has 132 valence electrons. The minimum absolute atomic E-state index is 0.114. The molecule has 3 N–H and O–H groups in total. The zero-order valence-electron chi connectivity index (χ0n) is 13.7. The molecule has 0 aliphatic heterocycles. The van der Waals surface area contributed by atoms with Gasteiger partial charge in [-0.3, -0.25) is 9.59 Å². The highest BCUT2D eigenvalue weighted by molar-refractivity contribution is 7.99. The summed E-state index contributed by atoms with van der Waals surface area (Å²) in [6.45, 7) is 0. The van der Waals surface area contributed by atoms with Crippen molar-refractivity contribution in [3.05, 3.63) is 35.7 Å². The lowest BCUT2D eigenvalue weighted by atomic mass is 10.2. The number of carbonyl (C=O) groups excluding carboxylic acids is 2. The molecule has 0 spiro atoms. The second kappa shape index (κ2) is 8.11. The molecule has 3 rings (SSSR count). The van der Waals surface area contributed by atoms with Crippen LogP contribution in [0.1, 0.15) is 47.9 Å². The summed E-state index contributed by atoms with van der Waals surface area (Å²) in [7, 11) is 0. The van der Waals surface area contributed by atoms with Gasteiger partial charge in [0.2, 0.25) is 11.8 Å². The van der Waals surface area contributed by atoms with Crippen LogP contribution in [0.4, 0.5) is 5.69 Å². The molecule has 0 atom stereocenters. The molecule has 8 nitrogen and oxygen atoms in total. The molecule has 9 heteroatoms.